The Labute approximate surface area is 162 Å². The van der Waals surface area contributed by atoms with E-state index in [1.807, 2.05) is 24.5 Å². The largest absolute Gasteiger partial charge is 0.352 e. The SMILES string of the molecule is O=C1CC[C@@H](CN(Cc2cccnc2)Cc2cn[nH]c2-c2ccc(F)cc2)N1. The molecule has 1 aliphatic rings. The second-order valence-corrected chi connectivity index (χ2v) is 7.11. The maximum absolute atomic E-state index is 13.3. The van der Waals surface area contributed by atoms with Crippen LogP contribution in [-0.4, -0.2) is 38.6 Å². The van der Waals surface area contributed by atoms with Crippen molar-refractivity contribution in [2.75, 3.05) is 6.54 Å². The van der Waals surface area contributed by atoms with Gasteiger partial charge in [0.05, 0.1) is 11.9 Å². The van der Waals surface area contributed by atoms with Gasteiger partial charge < -0.3 is 5.32 Å². The Hall–Kier alpha value is -3.06. The summed E-state index contributed by atoms with van der Waals surface area (Å²) in [5, 5.41) is 10.3. The van der Waals surface area contributed by atoms with Crippen molar-refractivity contribution in [2.24, 2.45) is 0 Å². The number of rotatable bonds is 7. The number of benzene rings is 1. The summed E-state index contributed by atoms with van der Waals surface area (Å²) < 4.78 is 13.3. The molecule has 1 aliphatic heterocycles. The maximum atomic E-state index is 13.3. The van der Waals surface area contributed by atoms with Crippen molar-refractivity contribution in [3.05, 3.63) is 71.9 Å². The van der Waals surface area contributed by atoms with Gasteiger partial charge in [0.25, 0.3) is 0 Å². The third kappa shape index (κ3) is 4.43. The van der Waals surface area contributed by atoms with Crippen LogP contribution in [0.5, 0.6) is 0 Å². The van der Waals surface area contributed by atoms with Crippen LogP contribution in [0.2, 0.25) is 0 Å². The lowest BCUT2D eigenvalue weighted by Crippen LogP contribution is -2.38. The highest BCUT2D eigenvalue weighted by Gasteiger charge is 2.24. The number of hydrogen-bond donors (Lipinski definition) is 2. The third-order valence-electron chi connectivity index (χ3n) is 4.94. The summed E-state index contributed by atoms with van der Waals surface area (Å²) in [7, 11) is 0. The number of hydrogen-bond acceptors (Lipinski definition) is 4. The highest BCUT2D eigenvalue weighted by molar-refractivity contribution is 5.78. The van der Waals surface area contributed by atoms with Crippen molar-refractivity contribution in [2.45, 2.75) is 32.0 Å². The molecular formula is C21H22FN5O. The highest BCUT2D eigenvalue weighted by atomic mass is 19.1. The average Bonchev–Trinajstić information content (AvgIpc) is 3.32. The van der Waals surface area contributed by atoms with Gasteiger partial charge in [-0.25, -0.2) is 4.39 Å². The number of pyridine rings is 1. The van der Waals surface area contributed by atoms with Gasteiger partial charge in [0.1, 0.15) is 5.82 Å². The van der Waals surface area contributed by atoms with Crippen LogP contribution in [0.25, 0.3) is 11.3 Å². The Morgan fingerprint density at radius 3 is 2.71 bits per heavy atom. The first-order valence-electron chi connectivity index (χ1n) is 9.36. The maximum Gasteiger partial charge on any atom is 0.220 e. The van der Waals surface area contributed by atoms with Gasteiger partial charge in [-0.2, -0.15) is 5.10 Å². The van der Waals surface area contributed by atoms with Gasteiger partial charge in [-0.3, -0.25) is 19.8 Å². The number of aromatic amines is 1. The van der Waals surface area contributed by atoms with Crippen molar-refractivity contribution in [1.82, 2.24) is 25.4 Å². The molecule has 1 fully saturated rings. The van der Waals surface area contributed by atoms with Crippen LogP contribution in [0.1, 0.15) is 24.0 Å². The molecule has 0 saturated carbocycles. The first-order valence-corrected chi connectivity index (χ1v) is 9.36. The van der Waals surface area contributed by atoms with Crippen molar-refractivity contribution in [3.63, 3.8) is 0 Å². The number of amides is 1. The van der Waals surface area contributed by atoms with Crippen LogP contribution in [0.3, 0.4) is 0 Å². The summed E-state index contributed by atoms with van der Waals surface area (Å²) in [6.07, 6.45) is 6.85. The van der Waals surface area contributed by atoms with Crippen molar-refractivity contribution < 1.29 is 9.18 Å². The molecule has 4 rings (SSSR count). The molecule has 2 aromatic heterocycles. The van der Waals surface area contributed by atoms with E-state index in [1.165, 1.54) is 12.1 Å². The van der Waals surface area contributed by atoms with E-state index in [0.717, 1.165) is 35.3 Å². The van der Waals surface area contributed by atoms with Gasteiger partial charge in [-0.1, -0.05) is 6.07 Å². The molecule has 6 nitrogen and oxygen atoms in total. The molecule has 1 amide bonds. The zero-order chi connectivity index (χ0) is 19.3. The molecule has 0 radical (unpaired) electrons. The molecule has 2 N–H and O–H groups in total. The molecule has 1 atom stereocenters. The van der Waals surface area contributed by atoms with Crippen LogP contribution in [0.4, 0.5) is 4.39 Å². The minimum atomic E-state index is -0.264. The van der Waals surface area contributed by atoms with Gasteiger partial charge in [0.15, 0.2) is 0 Å². The minimum absolute atomic E-state index is 0.113. The van der Waals surface area contributed by atoms with Gasteiger partial charge in [-0.05, 0) is 42.3 Å². The van der Waals surface area contributed by atoms with Gasteiger partial charge in [0.2, 0.25) is 5.91 Å². The van der Waals surface area contributed by atoms with Crippen LogP contribution in [-0.2, 0) is 17.9 Å². The second-order valence-electron chi connectivity index (χ2n) is 7.11. The first kappa shape index (κ1) is 18.3. The summed E-state index contributed by atoms with van der Waals surface area (Å²) in [4.78, 5) is 18.1. The van der Waals surface area contributed by atoms with Gasteiger partial charge >= 0.3 is 0 Å². The molecule has 3 heterocycles. The summed E-state index contributed by atoms with van der Waals surface area (Å²) in [6, 6.07) is 10.5. The Morgan fingerprint density at radius 1 is 1.14 bits per heavy atom. The number of carbonyl (C=O) groups excluding carboxylic acids is 1. The number of aromatic nitrogens is 3. The fourth-order valence-corrected chi connectivity index (χ4v) is 3.60. The Bertz CT molecular complexity index is 925. The lowest BCUT2D eigenvalue weighted by molar-refractivity contribution is -0.119. The molecule has 1 aromatic carbocycles. The normalized spacial score (nSPS) is 16.5. The van der Waals surface area contributed by atoms with E-state index in [1.54, 1.807) is 18.3 Å². The molecule has 28 heavy (non-hydrogen) atoms. The Morgan fingerprint density at radius 2 is 2.00 bits per heavy atom. The fourth-order valence-electron chi connectivity index (χ4n) is 3.60. The molecule has 0 bridgehead atoms. The monoisotopic (exact) mass is 379 g/mol. The number of carbonyl (C=O) groups is 1. The lowest BCUT2D eigenvalue weighted by Gasteiger charge is -2.25. The van der Waals surface area contributed by atoms with E-state index in [4.69, 9.17) is 0 Å². The van der Waals surface area contributed by atoms with Crippen molar-refractivity contribution in [1.29, 1.82) is 0 Å². The van der Waals surface area contributed by atoms with E-state index >= 15 is 0 Å². The van der Waals surface area contributed by atoms with Crippen molar-refractivity contribution >= 4 is 5.91 Å². The molecule has 0 aliphatic carbocycles. The zero-order valence-corrected chi connectivity index (χ0v) is 15.4. The number of nitrogens with one attached hydrogen (secondary N) is 2. The molecule has 3 aromatic rings. The van der Waals surface area contributed by atoms with Gasteiger partial charge in [0, 0.05) is 55.6 Å². The fraction of sp³-hybridized carbons (Fsp3) is 0.286. The summed E-state index contributed by atoms with van der Waals surface area (Å²) in [5.74, 6) is -0.151. The van der Waals surface area contributed by atoms with Crippen LogP contribution >= 0.6 is 0 Å². The van der Waals surface area contributed by atoms with Crippen LogP contribution in [0.15, 0.2) is 55.0 Å². The number of halogens is 1. The predicted octanol–water partition coefficient (Wildman–Crippen LogP) is 2.89. The van der Waals surface area contributed by atoms with Crippen LogP contribution in [0, 0.1) is 5.82 Å². The van der Waals surface area contributed by atoms with E-state index < -0.39 is 0 Å². The first-order chi connectivity index (χ1) is 13.7. The third-order valence-corrected chi connectivity index (χ3v) is 4.94. The van der Waals surface area contributed by atoms with E-state index in [-0.39, 0.29) is 17.8 Å². The highest BCUT2D eigenvalue weighted by Crippen LogP contribution is 2.24. The standard InChI is InChI=1S/C21H22FN5O/c22-18-5-3-16(4-6-18)21-17(11-24-26-21)13-27(12-15-2-1-9-23-10-15)14-19-7-8-20(28)25-19/h1-6,9-11,19H,7-8,12-14H2,(H,24,26)(H,25,28)/t19-/m0/s1. The lowest BCUT2D eigenvalue weighted by atomic mass is 10.1. The smallest absolute Gasteiger partial charge is 0.220 e. The number of nitrogens with zero attached hydrogens (tertiary/aromatic N) is 3. The molecule has 0 spiro atoms. The molecule has 144 valence electrons. The quantitative estimate of drug-likeness (QED) is 0.662. The number of H-pyrrole nitrogens is 1. The minimum Gasteiger partial charge on any atom is -0.352 e. The second kappa shape index (κ2) is 8.31. The average molecular weight is 379 g/mol. The molecule has 7 heteroatoms. The molecule has 0 unspecified atom stereocenters. The summed E-state index contributed by atoms with van der Waals surface area (Å²) >= 11 is 0. The van der Waals surface area contributed by atoms with E-state index in [0.29, 0.717) is 19.5 Å². The molecular weight excluding hydrogens is 357 g/mol. The summed E-state index contributed by atoms with van der Waals surface area (Å²) in [6.45, 7) is 2.12. The van der Waals surface area contributed by atoms with E-state index in [9.17, 15) is 9.18 Å². The van der Waals surface area contributed by atoms with E-state index in [2.05, 4.69) is 25.4 Å². The van der Waals surface area contributed by atoms with Crippen LogP contribution < -0.4 is 5.32 Å². The van der Waals surface area contributed by atoms with Gasteiger partial charge in [-0.15, -0.1) is 0 Å². The zero-order valence-electron chi connectivity index (χ0n) is 15.4. The Balaban J connectivity index is 1.54. The topological polar surface area (TPSA) is 73.9 Å². The predicted molar refractivity (Wildman–Crippen MR) is 103 cm³/mol. The summed E-state index contributed by atoms with van der Waals surface area (Å²) in [5.41, 5.74) is 3.91. The molecule has 1 saturated heterocycles. The Kier molecular flexibility index (Phi) is 5.43. The van der Waals surface area contributed by atoms with Crippen molar-refractivity contribution in [3.8, 4) is 11.3 Å².